The molecule has 0 bridgehead atoms. The molecule has 64 heavy (non-hydrogen) atoms. The zero-order valence-electron chi connectivity index (χ0n) is 42.3. The molecule has 0 aromatic rings. The van der Waals surface area contributed by atoms with Gasteiger partial charge < -0.3 is 40.3 Å². The zero-order chi connectivity index (χ0) is 46.6. The summed E-state index contributed by atoms with van der Waals surface area (Å²) in [5, 5.41) is 54.4. The Kier molecular flexibility index (Phi) is 43.9. The Morgan fingerprint density at radius 3 is 1.11 bits per heavy atom. The maximum absolute atomic E-state index is 13.0. The minimum atomic E-state index is -1.55. The first-order chi connectivity index (χ1) is 31.3. The number of unbranched alkanes of at least 4 members (excludes halogenated alkanes) is 39. The molecule has 1 aliphatic rings. The minimum Gasteiger partial charge on any atom is -0.394 e. The van der Waals surface area contributed by atoms with Gasteiger partial charge in [0, 0.05) is 6.42 Å². The van der Waals surface area contributed by atoms with Gasteiger partial charge in [-0.3, -0.25) is 4.79 Å². The van der Waals surface area contributed by atoms with E-state index in [1.165, 1.54) is 225 Å². The van der Waals surface area contributed by atoms with E-state index in [2.05, 4.69) is 19.2 Å². The molecule has 1 fully saturated rings. The number of hydrogen-bond donors (Lipinski definition) is 6. The summed E-state index contributed by atoms with van der Waals surface area (Å²) in [4.78, 5) is 13.0. The molecule has 1 rings (SSSR count). The van der Waals surface area contributed by atoms with Gasteiger partial charge in [0.15, 0.2) is 6.29 Å². The van der Waals surface area contributed by atoms with Crippen molar-refractivity contribution in [3.05, 3.63) is 0 Å². The van der Waals surface area contributed by atoms with Crippen molar-refractivity contribution in [2.75, 3.05) is 13.2 Å². The molecule has 7 atom stereocenters. The fraction of sp³-hybridized carbons (Fsp3) is 0.982. The van der Waals surface area contributed by atoms with Crippen molar-refractivity contribution in [3.63, 3.8) is 0 Å². The maximum Gasteiger partial charge on any atom is 0.220 e. The SMILES string of the molecule is CCCCCCCCCCCCCCCCCCCCCCCCCCCCCCCCC(=O)NC(COC1OC(CO)C(O)C(O)C1O)C(O)CCCCCCCCCCCCC. The van der Waals surface area contributed by atoms with Crippen molar-refractivity contribution in [2.45, 2.75) is 333 Å². The highest BCUT2D eigenvalue weighted by molar-refractivity contribution is 5.76. The Morgan fingerprint density at radius 1 is 0.469 bits per heavy atom. The molecule has 0 aromatic heterocycles. The molecule has 9 heteroatoms. The molecule has 0 radical (unpaired) electrons. The summed E-state index contributed by atoms with van der Waals surface area (Å²) in [7, 11) is 0. The largest absolute Gasteiger partial charge is 0.394 e. The normalized spacial score (nSPS) is 19.9. The topological polar surface area (TPSA) is 149 Å². The highest BCUT2D eigenvalue weighted by Crippen LogP contribution is 2.23. The predicted octanol–water partition coefficient (Wildman–Crippen LogP) is 13.5. The molecular formula is C55H109NO8. The molecule has 0 aromatic carbocycles. The summed E-state index contributed by atoms with van der Waals surface area (Å²) in [5.41, 5.74) is 0. The number of aliphatic hydroxyl groups excluding tert-OH is 5. The van der Waals surface area contributed by atoms with Crippen LogP contribution in [-0.4, -0.2) is 87.5 Å². The number of rotatable bonds is 49. The highest BCUT2D eigenvalue weighted by Gasteiger charge is 2.44. The summed E-state index contributed by atoms with van der Waals surface area (Å²) < 4.78 is 11.3. The number of ether oxygens (including phenoxy) is 2. The van der Waals surface area contributed by atoms with E-state index in [1.807, 2.05) is 0 Å². The van der Waals surface area contributed by atoms with Crippen molar-refractivity contribution < 1.29 is 39.8 Å². The first-order valence-corrected chi connectivity index (χ1v) is 28.2. The lowest BCUT2D eigenvalue weighted by molar-refractivity contribution is -0.302. The van der Waals surface area contributed by atoms with Gasteiger partial charge in [-0.1, -0.05) is 271 Å². The first kappa shape index (κ1) is 61.2. The molecule has 1 aliphatic heterocycles. The first-order valence-electron chi connectivity index (χ1n) is 28.2. The van der Waals surface area contributed by atoms with Gasteiger partial charge in [-0.15, -0.1) is 0 Å². The van der Waals surface area contributed by atoms with Crippen LogP contribution in [0.3, 0.4) is 0 Å². The molecule has 0 aliphatic carbocycles. The van der Waals surface area contributed by atoms with E-state index in [0.717, 1.165) is 38.5 Å². The smallest absolute Gasteiger partial charge is 0.220 e. The van der Waals surface area contributed by atoms with Gasteiger partial charge in [-0.25, -0.2) is 0 Å². The van der Waals surface area contributed by atoms with E-state index in [1.54, 1.807) is 0 Å². The second kappa shape index (κ2) is 45.9. The molecule has 1 amide bonds. The average molecular weight is 912 g/mol. The Bertz CT molecular complexity index is 970. The van der Waals surface area contributed by atoms with E-state index < -0.39 is 49.5 Å². The number of carbonyl (C=O) groups excluding carboxylic acids is 1. The lowest BCUT2D eigenvalue weighted by Gasteiger charge is -2.40. The summed E-state index contributed by atoms with van der Waals surface area (Å²) >= 11 is 0. The molecule has 7 unspecified atom stereocenters. The van der Waals surface area contributed by atoms with Crippen LogP contribution < -0.4 is 5.32 Å². The van der Waals surface area contributed by atoms with Crippen molar-refractivity contribution in [1.82, 2.24) is 5.32 Å². The Labute approximate surface area is 395 Å². The van der Waals surface area contributed by atoms with Gasteiger partial charge >= 0.3 is 0 Å². The van der Waals surface area contributed by atoms with Crippen molar-refractivity contribution >= 4 is 5.91 Å². The van der Waals surface area contributed by atoms with Crippen LogP contribution >= 0.6 is 0 Å². The van der Waals surface area contributed by atoms with Crippen LogP contribution in [-0.2, 0) is 14.3 Å². The lowest BCUT2D eigenvalue weighted by atomic mass is 9.99. The van der Waals surface area contributed by atoms with Crippen molar-refractivity contribution in [1.29, 1.82) is 0 Å². The number of aliphatic hydroxyl groups is 5. The molecule has 382 valence electrons. The molecule has 9 nitrogen and oxygen atoms in total. The van der Waals surface area contributed by atoms with Crippen LogP contribution in [0.25, 0.3) is 0 Å². The van der Waals surface area contributed by atoms with Crippen LogP contribution in [0.15, 0.2) is 0 Å². The van der Waals surface area contributed by atoms with Crippen LogP contribution in [0, 0.1) is 0 Å². The molecule has 6 N–H and O–H groups in total. The van der Waals surface area contributed by atoms with Gasteiger partial charge in [-0.2, -0.15) is 0 Å². The second-order valence-corrected chi connectivity index (χ2v) is 20.1. The predicted molar refractivity (Wildman–Crippen MR) is 268 cm³/mol. The fourth-order valence-corrected chi connectivity index (χ4v) is 9.46. The molecule has 0 saturated carbocycles. The summed E-state index contributed by atoms with van der Waals surface area (Å²) in [6, 6.07) is -0.712. The van der Waals surface area contributed by atoms with Crippen LogP contribution in [0.1, 0.15) is 290 Å². The molecule has 1 saturated heterocycles. The second-order valence-electron chi connectivity index (χ2n) is 20.1. The molecule has 1 heterocycles. The van der Waals surface area contributed by atoms with Gasteiger partial charge in [0.25, 0.3) is 0 Å². The highest BCUT2D eigenvalue weighted by atomic mass is 16.7. The Morgan fingerprint density at radius 2 is 0.781 bits per heavy atom. The third-order valence-electron chi connectivity index (χ3n) is 14.0. The van der Waals surface area contributed by atoms with Crippen LogP contribution in [0.4, 0.5) is 0 Å². The third-order valence-corrected chi connectivity index (χ3v) is 14.0. The fourth-order valence-electron chi connectivity index (χ4n) is 9.46. The van der Waals surface area contributed by atoms with Crippen molar-refractivity contribution in [2.24, 2.45) is 0 Å². The van der Waals surface area contributed by atoms with Gasteiger partial charge in [-0.05, 0) is 12.8 Å². The van der Waals surface area contributed by atoms with E-state index in [4.69, 9.17) is 9.47 Å². The van der Waals surface area contributed by atoms with Gasteiger partial charge in [0.1, 0.15) is 24.4 Å². The quantitative estimate of drug-likeness (QED) is 0.0331. The number of carbonyl (C=O) groups is 1. The van der Waals surface area contributed by atoms with E-state index in [-0.39, 0.29) is 12.5 Å². The van der Waals surface area contributed by atoms with Gasteiger partial charge in [0.05, 0.1) is 25.4 Å². The molecule has 0 spiro atoms. The number of hydrogen-bond acceptors (Lipinski definition) is 8. The maximum atomic E-state index is 13.0. The van der Waals surface area contributed by atoms with Gasteiger partial charge in [0.2, 0.25) is 5.91 Å². The van der Waals surface area contributed by atoms with Crippen LogP contribution in [0.2, 0.25) is 0 Å². The van der Waals surface area contributed by atoms with E-state index in [9.17, 15) is 30.3 Å². The summed E-state index contributed by atoms with van der Waals surface area (Å²) in [6.45, 7) is 3.86. The zero-order valence-corrected chi connectivity index (χ0v) is 42.3. The minimum absolute atomic E-state index is 0.132. The summed E-state index contributed by atoms with van der Waals surface area (Å²) in [6.07, 6.45) is 47.3. The van der Waals surface area contributed by atoms with Crippen molar-refractivity contribution in [3.8, 4) is 0 Å². The molecular weight excluding hydrogens is 803 g/mol. The lowest BCUT2D eigenvalue weighted by Crippen LogP contribution is -2.60. The Balaban J connectivity index is 2.08. The Hall–Kier alpha value is -0.810. The standard InChI is InChI=1S/C55H109NO8/c1-3-5-7-9-11-13-15-16-17-18-19-20-21-22-23-24-25-26-27-28-29-30-31-32-33-35-37-39-41-43-45-51(59)56-48(47-63-55-54(62)53(61)52(60)50(46-57)64-55)49(58)44-42-40-38-36-34-14-12-10-8-6-4-2/h48-50,52-55,57-58,60-62H,3-47H2,1-2H3,(H,56,59). The average Bonchev–Trinajstić information content (AvgIpc) is 3.29. The summed E-state index contributed by atoms with van der Waals surface area (Å²) in [5.74, 6) is -0.138. The van der Waals surface area contributed by atoms with E-state index in [0.29, 0.717) is 12.8 Å². The third kappa shape index (κ3) is 35.3. The monoisotopic (exact) mass is 912 g/mol. The van der Waals surface area contributed by atoms with E-state index >= 15 is 0 Å². The number of amides is 1. The number of nitrogens with one attached hydrogen (secondary N) is 1. The van der Waals surface area contributed by atoms with Crippen LogP contribution in [0.5, 0.6) is 0 Å².